The standard InChI is InChI=1S/C35H44I6N6O16/c1-15(54)46(62-27-23(38)17(29(56)42-5-7-48)21(36)19(25(27)40)31(58)44-33(3,60)11-50)9-35(13-52,14-53)10-47(16(2)55)63-28-24(39)18(30(57)43-6-8-49)22(37)20(26(28)41)32(59)45-34(4,61)12-51/h48-53,60-61H,5-14H2,1-4H3,(H,42,56)(H,43,57)(H,44,58)(H,45,59). The summed E-state index contributed by atoms with van der Waals surface area (Å²) in [6.45, 7) is -1.94. The second kappa shape index (κ2) is 25.3. The minimum absolute atomic E-state index is 0.00641. The Balaban J connectivity index is 2.82. The molecule has 2 aromatic carbocycles. The number of hydrogen-bond acceptors (Lipinski definition) is 16. The number of rotatable bonds is 22. The number of carbonyl (C=O) groups excluding carboxylic acids is 6. The Morgan fingerprint density at radius 3 is 1.03 bits per heavy atom. The lowest BCUT2D eigenvalue weighted by Gasteiger charge is -2.38. The molecule has 352 valence electrons. The highest BCUT2D eigenvalue weighted by molar-refractivity contribution is 14.1. The molecule has 2 unspecified atom stereocenters. The molecular weight excluding hydrogens is 1520 g/mol. The third-order valence-electron chi connectivity index (χ3n) is 8.37. The SMILES string of the molecule is CC(=O)N(CC(CO)(CO)CN(Oc1c(I)c(C(=O)NCCO)c(I)c(C(=O)NC(C)(O)CO)c1I)C(C)=O)Oc1c(I)c(C(=O)NCCO)c(I)c(C(=O)NC(C)(O)CO)c1I. The van der Waals surface area contributed by atoms with Crippen molar-refractivity contribution in [3.63, 3.8) is 0 Å². The van der Waals surface area contributed by atoms with Crippen molar-refractivity contribution < 1.29 is 79.3 Å². The Kier molecular flexibility index (Phi) is 23.3. The lowest BCUT2D eigenvalue weighted by Crippen LogP contribution is -2.53. The number of hydroxylamine groups is 4. The maximum atomic E-state index is 13.6. The lowest BCUT2D eigenvalue weighted by atomic mass is 9.89. The van der Waals surface area contributed by atoms with E-state index in [-0.39, 0.29) is 68.3 Å². The van der Waals surface area contributed by atoms with Gasteiger partial charge in [-0.2, -0.15) is 10.1 Å². The van der Waals surface area contributed by atoms with Crippen LogP contribution in [0.25, 0.3) is 0 Å². The van der Waals surface area contributed by atoms with Crippen molar-refractivity contribution in [3.05, 3.63) is 43.7 Å². The van der Waals surface area contributed by atoms with Crippen LogP contribution in [-0.4, -0.2) is 164 Å². The fourth-order valence-corrected chi connectivity index (χ4v) is 13.7. The molecule has 2 rings (SSSR count). The van der Waals surface area contributed by atoms with E-state index in [1.165, 1.54) is 0 Å². The molecule has 0 aliphatic heterocycles. The van der Waals surface area contributed by atoms with Crippen LogP contribution in [0.2, 0.25) is 0 Å². The minimum atomic E-state index is -2.11. The zero-order chi connectivity index (χ0) is 48.4. The number of hydrogen-bond donors (Lipinski definition) is 12. The second-order valence-electron chi connectivity index (χ2n) is 13.9. The maximum absolute atomic E-state index is 13.6. The van der Waals surface area contributed by atoms with Gasteiger partial charge < -0.3 is 71.8 Å². The first-order valence-corrected chi connectivity index (χ1v) is 24.4. The molecule has 2 aromatic rings. The molecule has 2 atom stereocenters. The summed E-state index contributed by atoms with van der Waals surface area (Å²) in [5.41, 5.74) is -6.83. The van der Waals surface area contributed by atoms with Gasteiger partial charge in [-0.25, -0.2) is 0 Å². The fraction of sp³-hybridized carbons (Fsp3) is 0.486. The highest BCUT2D eigenvalue weighted by Gasteiger charge is 2.40. The van der Waals surface area contributed by atoms with E-state index in [9.17, 15) is 69.6 Å². The van der Waals surface area contributed by atoms with E-state index >= 15 is 0 Å². The topological polar surface area (TPSA) is 337 Å². The van der Waals surface area contributed by atoms with Gasteiger partial charge in [-0.05, 0) is 149 Å². The highest BCUT2D eigenvalue weighted by atomic mass is 127. The third-order valence-corrected chi connectivity index (χ3v) is 14.6. The molecule has 63 heavy (non-hydrogen) atoms. The summed E-state index contributed by atoms with van der Waals surface area (Å²) in [6.07, 6.45) is 0. The van der Waals surface area contributed by atoms with E-state index in [2.05, 4.69) is 21.3 Å². The van der Waals surface area contributed by atoms with Gasteiger partial charge in [0.2, 0.25) is 0 Å². The lowest BCUT2D eigenvalue weighted by molar-refractivity contribution is -0.178. The summed E-state index contributed by atoms with van der Waals surface area (Å²) in [7, 11) is 0. The Morgan fingerprint density at radius 1 is 0.508 bits per heavy atom. The predicted octanol–water partition coefficient (Wildman–Crippen LogP) is -0.425. The van der Waals surface area contributed by atoms with Gasteiger partial charge in [-0.1, -0.05) is 0 Å². The highest BCUT2D eigenvalue weighted by Crippen LogP contribution is 2.40. The molecule has 0 fully saturated rings. The van der Waals surface area contributed by atoms with E-state index < -0.39 is 105 Å². The third kappa shape index (κ3) is 15.0. The summed E-state index contributed by atoms with van der Waals surface area (Å²) in [4.78, 5) is 92.9. The Labute approximate surface area is 442 Å². The van der Waals surface area contributed by atoms with Crippen LogP contribution in [0.5, 0.6) is 11.5 Å². The summed E-state index contributed by atoms with van der Waals surface area (Å²) in [6, 6.07) is 0. The van der Waals surface area contributed by atoms with Crippen molar-refractivity contribution in [3.8, 4) is 11.5 Å². The van der Waals surface area contributed by atoms with Crippen molar-refractivity contribution in [1.29, 1.82) is 0 Å². The van der Waals surface area contributed by atoms with Gasteiger partial charge in [-0.15, -0.1) is 0 Å². The molecule has 0 radical (unpaired) electrons. The zero-order valence-electron chi connectivity index (χ0n) is 33.6. The molecule has 0 spiro atoms. The molecule has 0 aromatic heterocycles. The smallest absolute Gasteiger partial charge is 0.255 e. The Morgan fingerprint density at radius 2 is 0.794 bits per heavy atom. The van der Waals surface area contributed by atoms with Gasteiger partial charge in [0.15, 0.2) is 22.9 Å². The normalized spacial score (nSPS) is 13.2. The number of nitrogens with one attached hydrogen (secondary N) is 4. The molecule has 0 heterocycles. The van der Waals surface area contributed by atoms with Crippen LogP contribution in [0, 0.1) is 26.8 Å². The Hall–Kier alpha value is -1.08. The van der Waals surface area contributed by atoms with Crippen LogP contribution in [0.15, 0.2) is 0 Å². The van der Waals surface area contributed by atoms with Crippen LogP contribution in [0.3, 0.4) is 0 Å². The molecule has 0 aliphatic rings. The molecule has 6 amide bonds. The minimum Gasteiger partial charge on any atom is -0.396 e. The first kappa shape index (κ1) is 58.0. The van der Waals surface area contributed by atoms with Crippen LogP contribution in [0.1, 0.15) is 69.1 Å². The van der Waals surface area contributed by atoms with Gasteiger partial charge in [0, 0.05) is 34.1 Å². The zero-order valence-corrected chi connectivity index (χ0v) is 46.5. The van der Waals surface area contributed by atoms with Crippen molar-refractivity contribution in [2.75, 3.05) is 65.8 Å². The quantitative estimate of drug-likeness (QED) is 0.0405. The summed E-state index contributed by atoms with van der Waals surface area (Å²) in [5.74, 6) is -5.62. The van der Waals surface area contributed by atoms with E-state index in [1.807, 2.05) is 0 Å². The van der Waals surface area contributed by atoms with E-state index in [1.54, 1.807) is 136 Å². The number of aliphatic hydroxyl groups is 8. The van der Waals surface area contributed by atoms with Crippen LogP contribution in [-0.2, 0) is 9.59 Å². The summed E-state index contributed by atoms with van der Waals surface area (Å²) >= 11 is 10.4. The van der Waals surface area contributed by atoms with E-state index in [0.717, 1.165) is 27.7 Å². The van der Waals surface area contributed by atoms with Crippen LogP contribution in [0.4, 0.5) is 0 Å². The van der Waals surface area contributed by atoms with E-state index in [4.69, 9.17) is 9.68 Å². The molecule has 0 saturated heterocycles. The van der Waals surface area contributed by atoms with Crippen LogP contribution >= 0.6 is 136 Å². The number of benzene rings is 2. The van der Waals surface area contributed by atoms with Crippen molar-refractivity contribution in [2.45, 2.75) is 39.1 Å². The molecule has 0 saturated carbocycles. The van der Waals surface area contributed by atoms with Crippen molar-refractivity contribution in [2.24, 2.45) is 5.41 Å². The van der Waals surface area contributed by atoms with Gasteiger partial charge in [0.05, 0.1) is 94.7 Å². The van der Waals surface area contributed by atoms with Gasteiger partial charge in [0.1, 0.15) is 0 Å². The summed E-state index contributed by atoms with van der Waals surface area (Å²) in [5, 5.41) is 91.4. The van der Waals surface area contributed by atoms with E-state index in [0.29, 0.717) is 10.1 Å². The molecular formula is C35H44I6N6O16. The van der Waals surface area contributed by atoms with Gasteiger partial charge in [0.25, 0.3) is 35.4 Å². The number of amides is 6. The number of nitrogens with zero attached hydrogens (tertiary/aromatic N) is 2. The average molecular weight is 1570 g/mol. The Bertz CT molecular complexity index is 1930. The largest absolute Gasteiger partial charge is 0.396 e. The van der Waals surface area contributed by atoms with Gasteiger partial charge >= 0.3 is 0 Å². The monoisotopic (exact) mass is 1570 g/mol. The fourth-order valence-electron chi connectivity index (χ4n) is 4.99. The predicted molar refractivity (Wildman–Crippen MR) is 271 cm³/mol. The molecule has 0 aliphatic carbocycles. The second-order valence-corrected chi connectivity index (χ2v) is 20.4. The summed E-state index contributed by atoms with van der Waals surface area (Å²) < 4.78 is 0.254. The molecule has 22 nitrogen and oxygen atoms in total. The molecule has 28 heteroatoms. The number of aliphatic hydroxyl groups excluding tert-OH is 6. The average Bonchev–Trinajstić information content (AvgIpc) is 3.20. The van der Waals surface area contributed by atoms with Crippen molar-refractivity contribution >= 4 is 171 Å². The maximum Gasteiger partial charge on any atom is 0.255 e. The first-order chi connectivity index (χ1) is 29.2. The number of halogens is 6. The molecule has 0 bridgehead atoms. The van der Waals surface area contributed by atoms with Gasteiger partial charge in [-0.3, -0.25) is 28.8 Å². The molecule has 12 N–H and O–H groups in total. The van der Waals surface area contributed by atoms with Crippen molar-refractivity contribution in [1.82, 2.24) is 31.4 Å². The first-order valence-electron chi connectivity index (χ1n) is 17.9. The number of carbonyl (C=O) groups is 6. The van der Waals surface area contributed by atoms with Crippen LogP contribution < -0.4 is 30.9 Å².